The Labute approximate surface area is 111 Å². The zero-order valence-electron chi connectivity index (χ0n) is 11.7. The molecule has 0 fully saturated rings. The van der Waals surface area contributed by atoms with Gasteiger partial charge in [-0.2, -0.15) is 4.98 Å². The Morgan fingerprint density at radius 2 is 1.95 bits per heavy atom. The molecule has 0 saturated heterocycles. The highest BCUT2D eigenvalue weighted by Crippen LogP contribution is 2.06. The summed E-state index contributed by atoms with van der Waals surface area (Å²) in [5.41, 5.74) is 5.95. The number of aromatic nitrogens is 4. The van der Waals surface area contributed by atoms with Crippen molar-refractivity contribution in [1.82, 2.24) is 19.1 Å². The third-order valence-electron chi connectivity index (χ3n) is 2.22. The highest BCUT2D eigenvalue weighted by molar-refractivity contribution is 5.70. The molecule has 0 aromatic carbocycles. The van der Waals surface area contributed by atoms with Crippen molar-refractivity contribution in [2.75, 3.05) is 19.5 Å². The molecule has 0 aliphatic heterocycles. The zero-order valence-corrected chi connectivity index (χ0v) is 11.7. The van der Waals surface area contributed by atoms with Crippen molar-refractivity contribution in [3.8, 4) is 0 Å². The van der Waals surface area contributed by atoms with E-state index in [-0.39, 0.29) is 23.6 Å². The molecule has 0 spiro atoms. The maximum absolute atomic E-state index is 11.7. The number of imidazole rings is 1. The van der Waals surface area contributed by atoms with E-state index in [4.69, 9.17) is 15.9 Å². The number of aliphatic hydroxyl groups is 2. The molecule has 2 aromatic heterocycles. The number of nitrogen functional groups attached to an aromatic ring is 1. The molecule has 8 nitrogen and oxygen atoms in total. The summed E-state index contributed by atoms with van der Waals surface area (Å²) in [5.74, 6) is 0.132. The summed E-state index contributed by atoms with van der Waals surface area (Å²) in [4.78, 5) is 19.7. The molecule has 2 aromatic rings. The van der Waals surface area contributed by atoms with Crippen LogP contribution in [-0.4, -0.2) is 43.0 Å². The average Bonchev–Trinajstić information content (AvgIpc) is 2.84. The van der Waals surface area contributed by atoms with Crippen LogP contribution in [0.25, 0.3) is 11.2 Å². The molecule has 19 heavy (non-hydrogen) atoms. The van der Waals surface area contributed by atoms with Crippen LogP contribution in [0.2, 0.25) is 0 Å². The quantitative estimate of drug-likeness (QED) is 0.667. The number of aliphatic hydroxyl groups excluding tert-OH is 2. The van der Waals surface area contributed by atoms with Gasteiger partial charge in [0.15, 0.2) is 11.2 Å². The summed E-state index contributed by atoms with van der Waals surface area (Å²) in [6, 6.07) is 0. The number of anilines is 1. The summed E-state index contributed by atoms with van der Waals surface area (Å²) in [6.07, 6.45) is 1.47. The summed E-state index contributed by atoms with van der Waals surface area (Å²) in [5, 5.41) is 15.8. The van der Waals surface area contributed by atoms with Gasteiger partial charge in [-0.1, -0.05) is 13.8 Å². The average molecular weight is 271 g/mol. The van der Waals surface area contributed by atoms with Crippen LogP contribution < -0.4 is 11.3 Å². The molecule has 0 radical (unpaired) electrons. The lowest BCUT2D eigenvalue weighted by atomic mass is 10.5. The Morgan fingerprint density at radius 1 is 1.37 bits per heavy atom. The number of rotatable bonds is 2. The minimum atomic E-state index is -0.283. The summed E-state index contributed by atoms with van der Waals surface area (Å²) >= 11 is 0. The predicted molar refractivity (Wildman–Crippen MR) is 73.8 cm³/mol. The lowest BCUT2D eigenvalue weighted by Crippen LogP contribution is -2.22. The van der Waals surface area contributed by atoms with Crippen molar-refractivity contribution in [2.45, 2.75) is 20.4 Å². The smallest absolute Gasteiger partial charge is 0.282 e. The largest absolute Gasteiger partial charge is 0.400 e. The molecular weight excluding hydrogens is 250 g/mol. The molecule has 108 valence electrons. The molecular formula is C11H21N5O3. The minimum absolute atomic E-state index is 0.0394. The maximum atomic E-state index is 11.7. The van der Waals surface area contributed by atoms with Crippen LogP contribution in [0.4, 0.5) is 5.95 Å². The van der Waals surface area contributed by atoms with Gasteiger partial charge in [0, 0.05) is 20.7 Å². The molecule has 4 N–H and O–H groups in total. The van der Waals surface area contributed by atoms with Crippen molar-refractivity contribution in [3.63, 3.8) is 0 Å². The second kappa shape index (κ2) is 8.22. The van der Waals surface area contributed by atoms with E-state index in [0.29, 0.717) is 12.2 Å². The first kappa shape index (κ1) is 17.1. The van der Waals surface area contributed by atoms with E-state index in [1.165, 1.54) is 17.9 Å². The minimum Gasteiger partial charge on any atom is -0.400 e. The van der Waals surface area contributed by atoms with Crippen molar-refractivity contribution in [2.24, 2.45) is 7.05 Å². The van der Waals surface area contributed by atoms with Crippen LogP contribution in [0.3, 0.4) is 0 Å². The molecule has 8 heteroatoms. The monoisotopic (exact) mass is 271 g/mol. The van der Waals surface area contributed by atoms with Crippen molar-refractivity contribution < 1.29 is 10.2 Å². The van der Waals surface area contributed by atoms with Gasteiger partial charge in [0.25, 0.3) is 5.56 Å². The van der Waals surface area contributed by atoms with Crippen molar-refractivity contribution >= 4 is 17.1 Å². The zero-order chi connectivity index (χ0) is 15.0. The normalized spacial score (nSPS) is 9.37. The molecule has 2 heterocycles. The van der Waals surface area contributed by atoms with Crippen LogP contribution in [0, 0.1) is 0 Å². The van der Waals surface area contributed by atoms with Crippen LogP contribution >= 0.6 is 0 Å². The molecule has 2 rings (SSSR count). The fraction of sp³-hybridized carbons (Fsp3) is 0.545. The Morgan fingerprint density at radius 3 is 2.47 bits per heavy atom. The topological polar surface area (TPSA) is 119 Å². The van der Waals surface area contributed by atoms with Gasteiger partial charge in [0.05, 0.1) is 12.9 Å². The summed E-state index contributed by atoms with van der Waals surface area (Å²) in [6.45, 7) is 4.30. The van der Waals surface area contributed by atoms with Crippen molar-refractivity contribution in [1.29, 1.82) is 0 Å². The van der Waals surface area contributed by atoms with Crippen LogP contribution in [0.5, 0.6) is 0 Å². The van der Waals surface area contributed by atoms with E-state index in [2.05, 4.69) is 9.97 Å². The van der Waals surface area contributed by atoms with Gasteiger partial charge < -0.3 is 20.5 Å². The number of hydrogen-bond acceptors (Lipinski definition) is 6. The Kier molecular flexibility index (Phi) is 7.39. The number of hydrogen-bond donors (Lipinski definition) is 3. The number of nitrogens with zero attached hydrogens (tertiary/aromatic N) is 4. The second-order valence-electron chi connectivity index (χ2n) is 3.17. The van der Waals surface area contributed by atoms with Gasteiger partial charge >= 0.3 is 0 Å². The lowest BCUT2D eigenvalue weighted by molar-refractivity contribution is 0.277. The van der Waals surface area contributed by atoms with E-state index in [9.17, 15) is 4.79 Å². The highest BCUT2D eigenvalue weighted by Gasteiger charge is 2.10. The van der Waals surface area contributed by atoms with Gasteiger partial charge in [0.1, 0.15) is 0 Å². The molecule has 0 saturated carbocycles. The first-order chi connectivity index (χ1) is 9.15. The maximum Gasteiger partial charge on any atom is 0.282 e. The Hall–Kier alpha value is -1.93. The summed E-state index contributed by atoms with van der Waals surface area (Å²) < 4.78 is 2.83. The second-order valence-corrected chi connectivity index (χ2v) is 3.17. The Balaban J connectivity index is 0.000000741. The van der Waals surface area contributed by atoms with Gasteiger partial charge in [-0.3, -0.25) is 9.36 Å². The molecule has 0 atom stereocenters. The standard InChI is InChI=1S/C8H11N5O2.C2H6.CH4O/c1-12-7(15)5-6(11-8(12)9)13(2-3-14)4-10-5;2*1-2/h4,14H,2-3H2,1H3,(H2,9,11);1-2H3;2H,1H3. The van der Waals surface area contributed by atoms with E-state index < -0.39 is 0 Å². The van der Waals surface area contributed by atoms with E-state index in [1.807, 2.05) is 13.8 Å². The van der Waals surface area contributed by atoms with Crippen molar-refractivity contribution in [3.05, 3.63) is 16.7 Å². The van der Waals surface area contributed by atoms with E-state index >= 15 is 0 Å². The first-order valence-electron chi connectivity index (χ1n) is 5.88. The third kappa shape index (κ3) is 3.52. The van der Waals surface area contributed by atoms with Crippen LogP contribution in [-0.2, 0) is 13.6 Å². The van der Waals surface area contributed by atoms with Crippen LogP contribution in [0.1, 0.15) is 13.8 Å². The fourth-order valence-electron chi connectivity index (χ4n) is 1.36. The first-order valence-corrected chi connectivity index (χ1v) is 5.88. The van der Waals surface area contributed by atoms with Gasteiger partial charge in [-0.15, -0.1) is 0 Å². The molecule has 0 amide bonds. The fourth-order valence-corrected chi connectivity index (χ4v) is 1.36. The number of nitrogens with two attached hydrogens (primary N) is 1. The summed E-state index contributed by atoms with van der Waals surface area (Å²) in [7, 11) is 2.54. The van der Waals surface area contributed by atoms with Crippen LogP contribution in [0.15, 0.2) is 11.1 Å². The van der Waals surface area contributed by atoms with Gasteiger partial charge in [-0.25, -0.2) is 4.98 Å². The van der Waals surface area contributed by atoms with E-state index in [0.717, 1.165) is 7.11 Å². The molecule has 0 bridgehead atoms. The Bertz CT molecular complexity index is 561. The van der Waals surface area contributed by atoms with Gasteiger partial charge in [-0.05, 0) is 0 Å². The highest BCUT2D eigenvalue weighted by atomic mass is 16.3. The molecule has 0 aliphatic rings. The molecule has 0 unspecified atom stereocenters. The third-order valence-corrected chi connectivity index (χ3v) is 2.22. The van der Waals surface area contributed by atoms with Gasteiger partial charge in [0.2, 0.25) is 5.95 Å². The van der Waals surface area contributed by atoms with E-state index in [1.54, 1.807) is 4.57 Å². The molecule has 0 aliphatic carbocycles. The SMILES string of the molecule is CC.CO.Cn1c(N)nc2c(ncn2CCO)c1=O. The number of fused-ring (bicyclic) bond motifs is 1. The lowest BCUT2D eigenvalue weighted by Gasteiger charge is -2.03. The predicted octanol–water partition coefficient (Wildman–Crippen LogP) is -0.661.